The number of benzene rings is 1. The zero-order chi connectivity index (χ0) is 13.7. The Balaban J connectivity index is 2.09. The summed E-state index contributed by atoms with van der Waals surface area (Å²) in [6, 6.07) is 9.59. The van der Waals surface area contributed by atoms with Gasteiger partial charge in [-0.15, -0.1) is 0 Å². The Bertz CT molecular complexity index is 366. The van der Waals surface area contributed by atoms with Crippen LogP contribution in [0.5, 0.6) is 0 Å². The molecule has 1 unspecified atom stereocenters. The van der Waals surface area contributed by atoms with Crippen molar-refractivity contribution in [2.75, 3.05) is 39.8 Å². The lowest BCUT2D eigenvalue weighted by atomic mass is 9.99. The highest BCUT2D eigenvalue weighted by Gasteiger charge is 2.23. The first kappa shape index (κ1) is 14.5. The average Bonchev–Trinajstić information content (AvgIpc) is 2.46. The van der Waals surface area contributed by atoms with Crippen molar-refractivity contribution in [2.24, 2.45) is 5.73 Å². The van der Waals surface area contributed by atoms with Crippen molar-refractivity contribution >= 4 is 0 Å². The van der Waals surface area contributed by atoms with E-state index in [1.165, 1.54) is 11.1 Å². The monoisotopic (exact) mass is 261 g/mol. The predicted octanol–water partition coefficient (Wildman–Crippen LogP) is 1.89. The van der Waals surface area contributed by atoms with E-state index in [4.69, 9.17) is 5.73 Å². The van der Waals surface area contributed by atoms with Gasteiger partial charge in [0.2, 0.25) is 0 Å². The van der Waals surface area contributed by atoms with Crippen molar-refractivity contribution < 1.29 is 0 Å². The van der Waals surface area contributed by atoms with Gasteiger partial charge in [-0.1, -0.05) is 31.2 Å². The van der Waals surface area contributed by atoms with Crippen LogP contribution in [-0.4, -0.2) is 49.6 Å². The van der Waals surface area contributed by atoms with Gasteiger partial charge in [-0.2, -0.15) is 0 Å². The molecule has 0 spiro atoms. The molecule has 106 valence electrons. The summed E-state index contributed by atoms with van der Waals surface area (Å²) in [6.07, 6.45) is 2.16. The Labute approximate surface area is 117 Å². The van der Waals surface area contributed by atoms with Crippen molar-refractivity contribution in [1.82, 2.24) is 9.80 Å². The zero-order valence-corrected chi connectivity index (χ0v) is 12.3. The van der Waals surface area contributed by atoms with Gasteiger partial charge in [-0.05, 0) is 37.6 Å². The first-order chi connectivity index (χ1) is 9.24. The molecule has 2 N–H and O–H groups in total. The van der Waals surface area contributed by atoms with Gasteiger partial charge in [0.1, 0.15) is 0 Å². The summed E-state index contributed by atoms with van der Waals surface area (Å²) in [5, 5.41) is 0. The first-order valence-corrected chi connectivity index (χ1v) is 7.46. The van der Waals surface area contributed by atoms with Gasteiger partial charge in [0.15, 0.2) is 0 Å². The highest BCUT2D eigenvalue weighted by atomic mass is 15.3. The summed E-state index contributed by atoms with van der Waals surface area (Å²) in [6.45, 7) is 7.58. The van der Waals surface area contributed by atoms with Crippen LogP contribution < -0.4 is 5.73 Å². The molecule has 0 amide bonds. The predicted molar refractivity (Wildman–Crippen MR) is 81.3 cm³/mol. The smallest absolute Gasteiger partial charge is 0.0361 e. The Morgan fingerprint density at radius 3 is 2.26 bits per heavy atom. The van der Waals surface area contributed by atoms with Crippen molar-refractivity contribution in [3.05, 3.63) is 35.4 Å². The molecule has 3 heteroatoms. The molecule has 1 aromatic rings. The number of hydrogen-bond acceptors (Lipinski definition) is 3. The van der Waals surface area contributed by atoms with Crippen LogP contribution in [0.1, 0.15) is 30.5 Å². The maximum atomic E-state index is 5.82. The Morgan fingerprint density at radius 1 is 1.11 bits per heavy atom. The van der Waals surface area contributed by atoms with Crippen LogP contribution in [0, 0.1) is 0 Å². The average molecular weight is 261 g/mol. The summed E-state index contributed by atoms with van der Waals surface area (Å²) in [4.78, 5) is 4.99. The summed E-state index contributed by atoms with van der Waals surface area (Å²) in [7, 11) is 2.20. The van der Waals surface area contributed by atoms with Crippen molar-refractivity contribution in [1.29, 1.82) is 0 Å². The lowest BCUT2D eigenvalue weighted by Crippen LogP contribution is -2.46. The minimum absolute atomic E-state index is 0.490. The van der Waals surface area contributed by atoms with E-state index in [9.17, 15) is 0 Å². The first-order valence-electron chi connectivity index (χ1n) is 7.46. The van der Waals surface area contributed by atoms with E-state index < -0.39 is 0 Å². The Kier molecular flexibility index (Phi) is 5.37. The fraction of sp³-hybridized carbons (Fsp3) is 0.625. The number of piperazine rings is 1. The van der Waals surface area contributed by atoms with Crippen LogP contribution in [0.3, 0.4) is 0 Å². The molecule has 1 aromatic carbocycles. The molecule has 0 radical (unpaired) electrons. The molecular formula is C16H27N3. The fourth-order valence-electron chi connectivity index (χ4n) is 2.83. The Morgan fingerprint density at radius 2 is 1.74 bits per heavy atom. The number of aryl methyl sites for hydroxylation is 1. The molecule has 0 saturated carbocycles. The van der Waals surface area contributed by atoms with Crippen LogP contribution in [-0.2, 0) is 6.42 Å². The van der Waals surface area contributed by atoms with Gasteiger partial charge in [0, 0.05) is 32.2 Å². The van der Waals surface area contributed by atoms with E-state index in [-0.39, 0.29) is 0 Å². The summed E-state index contributed by atoms with van der Waals surface area (Å²) >= 11 is 0. The minimum atomic E-state index is 0.490. The van der Waals surface area contributed by atoms with Crippen molar-refractivity contribution in [2.45, 2.75) is 25.8 Å². The number of hydrogen-bond donors (Lipinski definition) is 1. The summed E-state index contributed by atoms with van der Waals surface area (Å²) < 4.78 is 0. The fourth-order valence-corrected chi connectivity index (χ4v) is 2.83. The van der Waals surface area contributed by atoms with E-state index in [0.717, 1.165) is 45.6 Å². The zero-order valence-electron chi connectivity index (χ0n) is 12.3. The maximum Gasteiger partial charge on any atom is 0.0361 e. The number of nitrogens with zero attached hydrogens (tertiary/aromatic N) is 2. The molecule has 1 aliphatic heterocycles. The van der Waals surface area contributed by atoms with E-state index in [0.29, 0.717) is 6.04 Å². The highest BCUT2D eigenvalue weighted by molar-refractivity contribution is 5.25. The molecule has 1 heterocycles. The van der Waals surface area contributed by atoms with Crippen LogP contribution in [0.4, 0.5) is 0 Å². The Hall–Kier alpha value is -0.900. The number of likely N-dealkylation sites (N-methyl/N-ethyl adjacent to an activating group) is 1. The van der Waals surface area contributed by atoms with Gasteiger partial charge < -0.3 is 10.6 Å². The largest absolute Gasteiger partial charge is 0.330 e. The van der Waals surface area contributed by atoms with Gasteiger partial charge in [-0.25, -0.2) is 0 Å². The topological polar surface area (TPSA) is 32.5 Å². The maximum absolute atomic E-state index is 5.82. The van der Waals surface area contributed by atoms with E-state index in [1.54, 1.807) is 0 Å². The van der Waals surface area contributed by atoms with Crippen LogP contribution in [0.25, 0.3) is 0 Å². The molecule has 2 rings (SSSR count). The third-order valence-corrected chi connectivity index (χ3v) is 4.19. The molecule has 3 nitrogen and oxygen atoms in total. The molecule has 19 heavy (non-hydrogen) atoms. The quantitative estimate of drug-likeness (QED) is 0.878. The standard InChI is InChI=1S/C16H27N3/c1-3-14-4-6-15(7-5-14)16(8-9-17)19-12-10-18(2)11-13-19/h4-7,16H,3,8-13,17H2,1-2H3. The molecular weight excluding hydrogens is 234 g/mol. The lowest BCUT2D eigenvalue weighted by Gasteiger charge is -2.38. The van der Waals surface area contributed by atoms with Crippen LogP contribution in [0.15, 0.2) is 24.3 Å². The second-order valence-electron chi connectivity index (χ2n) is 5.53. The third kappa shape index (κ3) is 3.78. The summed E-state index contributed by atoms with van der Waals surface area (Å²) in [5.74, 6) is 0. The number of nitrogens with two attached hydrogens (primary N) is 1. The molecule has 0 aromatic heterocycles. The van der Waals surface area contributed by atoms with Gasteiger partial charge >= 0.3 is 0 Å². The van der Waals surface area contributed by atoms with E-state index >= 15 is 0 Å². The second-order valence-corrected chi connectivity index (χ2v) is 5.53. The van der Waals surface area contributed by atoms with E-state index in [1.807, 2.05) is 0 Å². The van der Waals surface area contributed by atoms with Crippen molar-refractivity contribution in [3.63, 3.8) is 0 Å². The van der Waals surface area contributed by atoms with Gasteiger partial charge in [-0.3, -0.25) is 4.90 Å². The normalized spacial score (nSPS) is 19.5. The van der Waals surface area contributed by atoms with E-state index in [2.05, 4.69) is 48.0 Å². The lowest BCUT2D eigenvalue weighted by molar-refractivity contribution is 0.108. The van der Waals surface area contributed by atoms with Gasteiger partial charge in [0.05, 0.1) is 0 Å². The molecule has 1 saturated heterocycles. The molecule has 0 aliphatic carbocycles. The van der Waals surface area contributed by atoms with Crippen LogP contribution >= 0.6 is 0 Å². The minimum Gasteiger partial charge on any atom is -0.330 e. The third-order valence-electron chi connectivity index (χ3n) is 4.19. The molecule has 1 aliphatic rings. The molecule has 1 fully saturated rings. The molecule has 1 atom stereocenters. The van der Waals surface area contributed by atoms with Crippen LogP contribution in [0.2, 0.25) is 0 Å². The number of rotatable bonds is 5. The highest BCUT2D eigenvalue weighted by Crippen LogP contribution is 2.25. The summed E-state index contributed by atoms with van der Waals surface area (Å²) in [5.41, 5.74) is 8.65. The van der Waals surface area contributed by atoms with Crippen molar-refractivity contribution in [3.8, 4) is 0 Å². The SMILES string of the molecule is CCc1ccc(C(CCN)N2CCN(C)CC2)cc1. The molecule has 0 bridgehead atoms. The second kappa shape index (κ2) is 7.04. The van der Waals surface area contributed by atoms with Gasteiger partial charge in [0.25, 0.3) is 0 Å².